The topological polar surface area (TPSA) is 65.5 Å². The van der Waals surface area contributed by atoms with Crippen molar-refractivity contribution >= 4 is 17.6 Å². The van der Waals surface area contributed by atoms with Gasteiger partial charge in [-0.15, -0.1) is 0 Å². The van der Waals surface area contributed by atoms with Crippen molar-refractivity contribution < 1.29 is 9.59 Å². The second-order valence-electron chi connectivity index (χ2n) is 7.95. The highest BCUT2D eigenvalue weighted by Gasteiger charge is 2.50. The van der Waals surface area contributed by atoms with Crippen molar-refractivity contribution in [3.63, 3.8) is 0 Å². The molecule has 3 fully saturated rings. The molecule has 0 aromatic carbocycles. The first-order chi connectivity index (χ1) is 12.6. The smallest absolute Gasteiger partial charge is 0.269 e. The van der Waals surface area contributed by atoms with Crippen LogP contribution >= 0.6 is 0 Å². The van der Waals surface area contributed by atoms with E-state index in [4.69, 9.17) is 0 Å². The first-order valence-corrected chi connectivity index (χ1v) is 9.88. The second-order valence-corrected chi connectivity index (χ2v) is 7.95. The molecule has 4 rings (SSSR count). The van der Waals surface area contributed by atoms with Crippen molar-refractivity contribution in [3.8, 4) is 0 Å². The minimum atomic E-state index is -0.258. The van der Waals surface area contributed by atoms with Crippen molar-refractivity contribution in [2.75, 3.05) is 31.6 Å². The van der Waals surface area contributed by atoms with Gasteiger partial charge in [-0.25, -0.2) is 4.98 Å². The van der Waals surface area contributed by atoms with E-state index < -0.39 is 0 Å². The molecular weight excluding hydrogens is 328 g/mol. The van der Waals surface area contributed by atoms with Gasteiger partial charge in [0.05, 0.1) is 5.41 Å². The first kappa shape index (κ1) is 17.3. The van der Waals surface area contributed by atoms with Gasteiger partial charge >= 0.3 is 0 Å². The van der Waals surface area contributed by atoms with Crippen molar-refractivity contribution in [1.82, 2.24) is 15.2 Å². The third-order valence-corrected chi connectivity index (χ3v) is 6.41. The quantitative estimate of drug-likeness (QED) is 0.902. The van der Waals surface area contributed by atoms with Crippen LogP contribution in [0.2, 0.25) is 0 Å². The van der Waals surface area contributed by atoms with Gasteiger partial charge in [-0.3, -0.25) is 9.59 Å². The lowest BCUT2D eigenvalue weighted by Crippen LogP contribution is -2.53. The Hall–Kier alpha value is -2.11. The fourth-order valence-electron chi connectivity index (χ4n) is 4.97. The fourth-order valence-corrected chi connectivity index (χ4v) is 4.97. The Morgan fingerprint density at radius 2 is 2.00 bits per heavy atom. The summed E-state index contributed by atoms with van der Waals surface area (Å²) in [6, 6.07) is 5.99. The molecule has 1 atom stereocenters. The Kier molecular flexibility index (Phi) is 4.59. The van der Waals surface area contributed by atoms with Crippen LogP contribution in [0.4, 0.5) is 5.82 Å². The predicted molar refractivity (Wildman–Crippen MR) is 100 cm³/mol. The largest absolute Gasteiger partial charge is 0.355 e. The zero-order valence-corrected chi connectivity index (χ0v) is 15.5. The summed E-state index contributed by atoms with van der Waals surface area (Å²) < 4.78 is 0. The number of nitrogens with zero attached hydrogens (tertiary/aromatic N) is 3. The minimum Gasteiger partial charge on any atom is -0.355 e. The summed E-state index contributed by atoms with van der Waals surface area (Å²) in [4.78, 5) is 34.1. The molecule has 1 N–H and O–H groups in total. The lowest BCUT2D eigenvalue weighted by molar-refractivity contribution is -0.147. The molecule has 0 unspecified atom stereocenters. The summed E-state index contributed by atoms with van der Waals surface area (Å²) in [5.74, 6) is 0.983. The van der Waals surface area contributed by atoms with Gasteiger partial charge in [-0.2, -0.15) is 0 Å². The second kappa shape index (κ2) is 6.89. The van der Waals surface area contributed by atoms with Crippen molar-refractivity contribution in [2.24, 2.45) is 5.41 Å². The Morgan fingerprint density at radius 3 is 2.77 bits per heavy atom. The number of aromatic nitrogens is 1. The van der Waals surface area contributed by atoms with Gasteiger partial charge < -0.3 is 15.1 Å². The molecule has 2 amide bonds. The van der Waals surface area contributed by atoms with Crippen LogP contribution in [0.1, 0.15) is 55.4 Å². The number of carbonyl (C=O) groups excluding carboxylic acids is 2. The molecule has 2 saturated heterocycles. The van der Waals surface area contributed by atoms with E-state index in [0.29, 0.717) is 17.6 Å². The SMILES string of the molecule is CNC(=O)c1cccc(N2CC[C@]3(CCCN(C4CCCC4)C3=O)C2)n1. The van der Waals surface area contributed by atoms with Gasteiger partial charge in [-0.05, 0) is 44.2 Å². The van der Waals surface area contributed by atoms with E-state index >= 15 is 0 Å². The zero-order chi connectivity index (χ0) is 18.1. The van der Waals surface area contributed by atoms with Crippen LogP contribution in [0.15, 0.2) is 18.2 Å². The molecule has 140 valence electrons. The normalized spacial score (nSPS) is 26.7. The number of piperidine rings is 1. The number of amides is 2. The molecule has 6 nitrogen and oxygen atoms in total. The number of nitrogens with one attached hydrogen (secondary N) is 1. The van der Waals surface area contributed by atoms with Gasteiger partial charge in [0, 0.05) is 32.7 Å². The number of hydrogen-bond donors (Lipinski definition) is 1. The molecule has 2 aliphatic heterocycles. The van der Waals surface area contributed by atoms with E-state index in [-0.39, 0.29) is 11.3 Å². The van der Waals surface area contributed by atoms with E-state index in [2.05, 4.69) is 20.1 Å². The Morgan fingerprint density at radius 1 is 1.19 bits per heavy atom. The number of pyridine rings is 1. The average molecular weight is 356 g/mol. The van der Waals surface area contributed by atoms with E-state index in [9.17, 15) is 9.59 Å². The van der Waals surface area contributed by atoms with Crippen molar-refractivity contribution in [2.45, 2.75) is 51.0 Å². The van der Waals surface area contributed by atoms with Gasteiger partial charge in [0.2, 0.25) is 5.91 Å². The van der Waals surface area contributed by atoms with E-state index in [1.165, 1.54) is 25.7 Å². The molecule has 26 heavy (non-hydrogen) atoms. The number of likely N-dealkylation sites (tertiary alicyclic amines) is 1. The third-order valence-electron chi connectivity index (χ3n) is 6.41. The zero-order valence-electron chi connectivity index (χ0n) is 15.5. The molecule has 3 aliphatic rings. The maximum atomic E-state index is 13.3. The third kappa shape index (κ3) is 2.95. The first-order valence-electron chi connectivity index (χ1n) is 9.88. The monoisotopic (exact) mass is 356 g/mol. The van der Waals surface area contributed by atoms with Crippen LogP contribution < -0.4 is 10.2 Å². The standard InChI is InChI=1S/C20H28N4O2/c1-21-18(25)16-8-4-9-17(22-16)23-13-11-20(14-23)10-5-12-24(19(20)26)15-6-2-3-7-15/h4,8-9,15H,2-3,5-7,10-14H2,1H3,(H,21,25)/t20-/m1/s1. The minimum absolute atomic E-state index is 0.179. The Bertz CT molecular complexity index is 701. The summed E-state index contributed by atoms with van der Waals surface area (Å²) in [7, 11) is 1.61. The van der Waals surface area contributed by atoms with E-state index in [0.717, 1.165) is 44.7 Å². The van der Waals surface area contributed by atoms with Gasteiger partial charge in [0.15, 0.2) is 0 Å². The maximum absolute atomic E-state index is 13.3. The predicted octanol–water partition coefficient (Wildman–Crippen LogP) is 2.20. The summed E-state index contributed by atoms with van der Waals surface area (Å²) >= 11 is 0. The highest BCUT2D eigenvalue weighted by molar-refractivity contribution is 5.92. The molecule has 1 aromatic heterocycles. The number of hydrogen-bond acceptors (Lipinski definition) is 4. The Balaban J connectivity index is 1.52. The Labute approximate surface area is 155 Å². The van der Waals surface area contributed by atoms with Crippen LogP contribution in [-0.2, 0) is 4.79 Å². The van der Waals surface area contributed by atoms with Crippen LogP contribution in [-0.4, -0.2) is 54.4 Å². The molecule has 3 heterocycles. The molecule has 0 bridgehead atoms. The number of rotatable bonds is 3. The molecule has 1 spiro atoms. The molecule has 6 heteroatoms. The van der Waals surface area contributed by atoms with Crippen LogP contribution in [0.3, 0.4) is 0 Å². The summed E-state index contributed by atoms with van der Waals surface area (Å²) in [5.41, 5.74) is 0.166. The van der Waals surface area contributed by atoms with E-state index in [1.54, 1.807) is 13.1 Å². The van der Waals surface area contributed by atoms with Gasteiger partial charge in [0.1, 0.15) is 11.5 Å². The highest BCUT2D eigenvalue weighted by Crippen LogP contribution is 2.43. The average Bonchev–Trinajstić information content (AvgIpc) is 3.34. The van der Waals surface area contributed by atoms with E-state index in [1.807, 2.05) is 12.1 Å². The number of anilines is 1. The summed E-state index contributed by atoms with van der Waals surface area (Å²) in [6.45, 7) is 2.48. The highest BCUT2D eigenvalue weighted by atomic mass is 16.2. The number of carbonyl (C=O) groups is 2. The van der Waals surface area contributed by atoms with Gasteiger partial charge in [0.25, 0.3) is 5.91 Å². The molecule has 1 saturated carbocycles. The van der Waals surface area contributed by atoms with Crippen LogP contribution in [0.25, 0.3) is 0 Å². The van der Waals surface area contributed by atoms with Crippen molar-refractivity contribution in [3.05, 3.63) is 23.9 Å². The molecular formula is C20H28N4O2. The van der Waals surface area contributed by atoms with Crippen LogP contribution in [0.5, 0.6) is 0 Å². The lowest BCUT2D eigenvalue weighted by atomic mass is 9.77. The molecule has 1 aliphatic carbocycles. The molecule has 1 aromatic rings. The van der Waals surface area contributed by atoms with Crippen LogP contribution in [0, 0.1) is 5.41 Å². The molecule has 0 radical (unpaired) electrons. The van der Waals surface area contributed by atoms with Crippen molar-refractivity contribution in [1.29, 1.82) is 0 Å². The lowest BCUT2D eigenvalue weighted by Gasteiger charge is -2.42. The summed E-state index contributed by atoms with van der Waals surface area (Å²) in [6.07, 6.45) is 7.81. The maximum Gasteiger partial charge on any atom is 0.269 e. The van der Waals surface area contributed by atoms with Gasteiger partial charge in [-0.1, -0.05) is 18.9 Å². The fraction of sp³-hybridized carbons (Fsp3) is 0.650. The summed E-state index contributed by atoms with van der Waals surface area (Å²) in [5, 5.41) is 2.62.